The van der Waals surface area contributed by atoms with Gasteiger partial charge >= 0.3 is 0 Å². The van der Waals surface area contributed by atoms with E-state index in [1.165, 1.54) is 0 Å². The molecular formula is C16H22N2O2. The molecule has 1 aromatic rings. The Morgan fingerprint density at radius 2 is 2.05 bits per heavy atom. The van der Waals surface area contributed by atoms with Gasteiger partial charge < -0.3 is 4.74 Å². The molecule has 0 unspecified atom stereocenters. The molecule has 1 fully saturated rings. The van der Waals surface area contributed by atoms with Crippen LogP contribution in [-0.2, 0) is 16.6 Å². The summed E-state index contributed by atoms with van der Waals surface area (Å²) in [4.78, 5) is 21.2. The summed E-state index contributed by atoms with van der Waals surface area (Å²) in [5.74, 6) is 2.43. The molecule has 0 radical (unpaired) electrons. The van der Waals surface area contributed by atoms with E-state index in [2.05, 4.69) is 18.8 Å². The molecular weight excluding hydrogens is 252 g/mol. The van der Waals surface area contributed by atoms with E-state index in [1.807, 2.05) is 6.92 Å². The van der Waals surface area contributed by atoms with E-state index < -0.39 is 0 Å². The van der Waals surface area contributed by atoms with Crippen LogP contribution < -0.4 is 4.74 Å². The van der Waals surface area contributed by atoms with Gasteiger partial charge in [-0.3, -0.25) is 4.79 Å². The van der Waals surface area contributed by atoms with Crippen LogP contribution in [-0.4, -0.2) is 22.9 Å². The zero-order chi connectivity index (χ0) is 14.5. The third-order valence-corrected chi connectivity index (χ3v) is 5.34. The Morgan fingerprint density at radius 3 is 2.75 bits per heavy atom. The largest absolute Gasteiger partial charge is 0.481 e. The molecule has 0 aliphatic heterocycles. The highest BCUT2D eigenvalue weighted by atomic mass is 16.5. The first kappa shape index (κ1) is 13.5. The van der Waals surface area contributed by atoms with Crippen LogP contribution in [0.4, 0.5) is 0 Å². The third kappa shape index (κ3) is 1.77. The third-order valence-electron chi connectivity index (χ3n) is 5.34. The summed E-state index contributed by atoms with van der Waals surface area (Å²) >= 11 is 0. The molecule has 0 bridgehead atoms. The number of carbonyl (C=O) groups excluding carboxylic acids is 1. The van der Waals surface area contributed by atoms with E-state index in [4.69, 9.17) is 9.72 Å². The molecule has 3 atom stereocenters. The van der Waals surface area contributed by atoms with Crippen molar-refractivity contribution in [2.45, 2.75) is 51.9 Å². The lowest BCUT2D eigenvalue weighted by Gasteiger charge is -2.47. The van der Waals surface area contributed by atoms with E-state index in [9.17, 15) is 4.79 Å². The molecule has 0 N–H and O–H groups in total. The average molecular weight is 274 g/mol. The number of hydrogen-bond acceptors (Lipinski definition) is 4. The lowest BCUT2D eigenvalue weighted by atomic mass is 9.56. The summed E-state index contributed by atoms with van der Waals surface area (Å²) in [6.45, 7) is 6.26. The van der Waals surface area contributed by atoms with Crippen molar-refractivity contribution in [1.29, 1.82) is 0 Å². The fourth-order valence-electron chi connectivity index (χ4n) is 4.17. The molecule has 1 saturated carbocycles. The van der Waals surface area contributed by atoms with E-state index >= 15 is 0 Å². The van der Waals surface area contributed by atoms with Gasteiger partial charge in [-0.05, 0) is 32.1 Å². The molecule has 2 aliphatic carbocycles. The van der Waals surface area contributed by atoms with Gasteiger partial charge in [0.25, 0.3) is 0 Å². The van der Waals surface area contributed by atoms with Crippen LogP contribution in [0, 0.1) is 18.8 Å². The lowest BCUT2D eigenvalue weighted by Crippen LogP contribution is -2.47. The van der Waals surface area contributed by atoms with Crippen LogP contribution in [0.2, 0.25) is 0 Å². The quantitative estimate of drug-likeness (QED) is 0.790. The van der Waals surface area contributed by atoms with Crippen molar-refractivity contribution in [2.75, 3.05) is 7.11 Å². The number of rotatable bonds is 1. The van der Waals surface area contributed by atoms with Crippen molar-refractivity contribution < 1.29 is 9.53 Å². The molecule has 0 spiro atoms. The molecule has 108 valence electrons. The Hall–Kier alpha value is -1.45. The van der Waals surface area contributed by atoms with Gasteiger partial charge in [0.2, 0.25) is 5.88 Å². The van der Waals surface area contributed by atoms with Crippen molar-refractivity contribution in [3.05, 3.63) is 17.1 Å². The minimum atomic E-state index is -0.0120. The minimum Gasteiger partial charge on any atom is -0.481 e. The van der Waals surface area contributed by atoms with Crippen LogP contribution in [0.15, 0.2) is 0 Å². The topological polar surface area (TPSA) is 52.1 Å². The minimum absolute atomic E-state index is 0.0120. The molecule has 1 aromatic heterocycles. The lowest BCUT2D eigenvalue weighted by molar-refractivity contribution is -0.128. The first-order valence-electron chi connectivity index (χ1n) is 7.42. The molecule has 0 saturated heterocycles. The van der Waals surface area contributed by atoms with Crippen molar-refractivity contribution >= 4 is 5.78 Å². The number of Topliss-reactive ketones (excluding diaryl/α,β-unsaturated/α-hetero) is 1. The number of hydrogen-bond donors (Lipinski definition) is 0. The summed E-state index contributed by atoms with van der Waals surface area (Å²) in [5.41, 5.74) is 2.26. The maximum Gasteiger partial charge on any atom is 0.219 e. The number of aromatic nitrogens is 2. The fraction of sp³-hybridized carbons (Fsp3) is 0.688. The Labute approximate surface area is 120 Å². The van der Waals surface area contributed by atoms with Gasteiger partial charge in [0.15, 0.2) is 0 Å². The zero-order valence-electron chi connectivity index (χ0n) is 12.7. The number of ether oxygens (including phenoxy) is 1. The smallest absolute Gasteiger partial charge is 0.219 e. The monoisotopic (exact) mass is 274 g/mol. The van der Waals surface area contributed by atoms with Crippen LogP contribution in [0.5, 0.6) is 5.88 Å². The van der Waals surface area contributed by atoms with Gasteiger partial charge in [-0.25, -0.2) is 4.98 Å². The summed E-state index contributed by atoms with van der Waals surface area (Å²) < 4.78 is 5.45. The fourth-order valence-corrected chi connectivity index (χ4v) is 4.17. The standard InChI is InChI=1S/C16H22N2O2/c1-9-12-6-5-11-14(16(12,3)8-7-13(9)19)17-10(2)18-15(11)20-4/h9,12H,5-8H2,1-4H3/t9-,12-,16-/m0/s1. The molecule has 4 nitrogen and oxygen atoms in total. The second-order valence-electron chi connectivity index (χ2n) is 6.42. The van der Waals surface area contributed by atoms with Crippen LogP contribution in [0.1, 0.15) is 50.2 Å². The Balaban J connectivity index is 2.15. The highest BCUT2D eigenvalue weighted by molar-refractivity contribution is 5.82. The van der Waals surface area contributed by atoms with Gasteiger partial charge in [-0.1, -0.05) is 13.8 Å². The zero-order valence-corrected chi connectivity index (χ0v) is 12.7. The van der Waals surface area contributed by atoms with Crippen LogP contribution in [0.3, 0.4) is 0 Å². The van der Waals surface area contributed by atoms with E-state index in [0.717, 1.165) is 42.2 Å². The predicted octanol–water partition coefficient (Wildman–Crippen LogP) is 2.61. The van der Waals surface area contributed by atoms with Gasteiger partial charge in [-0.2, -0.15) is 4.98 Å². The summed E-state index contributed by atoms with van der Waals surface area (Å²) in [7, 11) is 1.67. The van der Waals surface area contributed by atoms with Crippen molar-refractivity contribution in [1.82, 2.24) is 9.97 Å². The number of ketones is 1. The second-order valence-corrected chi connectivity index (χ2v) is 6.42. The van der Waals surface area contributed by atoms with Crippen molar-refractivity contribution in [2.24, 2.45) is 11.8 Å². The number of methoxy groups -OCH3 is 1. The van der Waals surface area contributed by atoms with E-state index in [-0.39, 0.29) is 11.3 Å². The number of aryl methyl sites for hydroxylation is 1. The van der Waals surface area contributed by atoms with Crippen molar-refractivity contribution in [3.8, 4) is 5.88 Å². The first-order chi connectivity index (χ1) is 9.47. The highest BCUT2D eigenvalue weighted by Crippen LogP contribution is 2.51. The van der Waals surface area contributed by atoms with Crippen LogP contribution >= 0.6 is 0 Å². The first-order valence-corrected chi connectivity index (χ1v) is 7.42. The number of nitrogens with zero attached hydrogens (tertiary/aromatic N) is 2. The Morgan fingerprint density at radius 1 is 1.30 bits per heavy atom. The Bertz CT molecular complexity index is 570. The Kier molecular flexibility index (Phi) is 3.07. The van der Waals surface area contributed by atoms with Gasteiger partial charge in [-0.15, -0.1) is 0 Å². The maximum atomic E-state index is 12.0. The second kappa shape index (κ2) is 4.54. The molecule has 3 rings (SSSR count). The molecule has 4 heteroatoms. The van der Waals surface area contributed by atoms with Gasteiger partial charge in [0, 0.05) is 23.3 Å². The average Bonchev–Trinajstić information content (AvgIpc) is 2.43. The van der Waals surface area contributed by atoms with Crippen molar-refractivity contribution in [3.63, 3.8) is 0 Å². The molecule has 20 heavy (non-hydrogen) atoms. The van der Waals surface area contributed by atoms with Crippen LogP contribution in [0.25, 0.3) is 0 Å². The number of fused-ring (bicyclic) bond motifs is 3. The maximum absolute atomic E-state index is 12.0. The summed E-state index contributed by atoms with van der Waals surface area (Å²) in [5, 5.41) is 0. The molecule has 0 amide bonds. The van der Waals surface area contributed by atoms with Gasteiger partial charge in [0.1, 0.15) is 11.6 Å². The molecule has 2 aliphatic rings. The molecule has 1 heterocycles. The normalized spacial score (nSPS) is 32.5. The van der Waals surface area contributed by atoms with Gasteiger partial charge in [0.05, 0.1) is 12.8 Å². The molecule has 0 aromatic carbocycles. The SMILES string of the molecule is COc1nc(C)nc2c1CC[C@H]1[C@H](C)C(=O)CC[C@]21C. The predicted molar refractivity (Wildman–Crippen MR) is 75.9 cm³/mol. The number of carbonyl (C=O) groups is 1. The van der Waals surface area contributed by atoms with E-state index in [1.54, 1.807) is 7.11 Å². The highest BCUT2D eigenvalue weighted by Gasteiger charge is 2.49. The van der Waals surface area contributed by atoms with E-state index in [0.29, 0.717) is 18.1 Å². The summed E-state index contributed by atoms with van der Waals surface area (Å²) in [6.07, 6.45) is 3.50. The summed E-state index contributed by atoms with van der Waals surface area (Å²) in [6, 6.07) is 0.